The van der Waals surface area contributed by atoms with E-state index in [1.165, 1.54) is 11.3 Å². The molecule has 2 rings (SSSR count). The Hall–Kier alpha value is -1.65. The van der Waals surface area contributed by atoms with Gasteiger partial charge in [-0.15, -0.1) is 10.2 Å². The highest BCUT2D eigenvalue weighted by Crippen LogP contribution is 2.28. The number of anilines is 2. The highest BCUT2D eigenvalue weighted by molar-refractivity contribution is 8.01. The lowest BCUT2D eigenvalue weighted by Gasteiger charge is -2.21. The molecule has 1 amide bonds. The number of thioether (sulfide) groups is 1. The number of aromatic nitrogens is 2. The minimum atomic E-state index is -3.60. The van der Waals surface area contributed by atoms with Crippen molar-refractivity contribution in [3.63, 3.8) is 0 Å². The Kier molecular flexibility index (Phi) is 6.42. The van der Waals surface area contributed by atoms with Crippen LogP contribution in [0.15, 0.2) is 28.6 Å². The standard InChI is InChI=1S/C15H20N4O3S3/c1-10(2)23-15-18-17-14(24-15)16-13(20)9-19(25(4,21)22)12-7-5-6-11(3)8-12/h5-8,10H,9H2,1-4H3,(H,16,17,20). The number of carbonyl (C=O) groups excluding carboxylic acids is 1. The molecule has 0 aliphatic heterocycles. The molecule has 0 radical (unpaired) electrons. The second kappa shape index (κ2) is 8.15. The third kappa shape index (κ3) is 5.98. The maximum absolute atomic E-state index is 12.3. The van der Waals surface area contributed by atoms with Gasteiger partial charge in [0.1, 0.15) is 6.54 Å². The maximum Gasteiger partial charge on any atom is 0.246 e. The van der Waals surface area contributed by atoms with Crippen molar-refractivity contribution in [3.05, 3.63) is 29.8 Å². The van der Waals surface area contributed by atoms with Gasteiger partial charge in [-0.25, -0.2) is 8.42 Å². The van der Waals surface area contributed by atoms with E-state index in [1.807, 2.05) is 26.8 Å². The highest BCUT2D eigenvalue weighted by atomic mass is 32.2. The van der Waals surface area contributed by atoms with E-state index in [9.17, 15) is 13.2 Å². The molecule has 0 saturated carbocycles. The SMILES string of the molecule is Cc1cccc(N(CC(=O)Nc2nnc(SC(C)C)s2)S(C)(=O)=O)c1. The largest absolute Gasteiger partial charge is 0.299 e. The van der Waals surface area contributed by atoms with Crippen LogP contribution in [0.25, 0.3) is 0 Å². The molecule has 0 unspecified atom stereocenters. The van der Waals surface area contributed by atoms with Gasteiger partial charge in [0.2, 0.25) is 21.1 Å². The first-order valence-electron chi connectivity index (χ1n) is 7.49. The number of carbonyl (C=O) groups is 1. The molecule has 0 atom stereocenters. The zero-order valence-corrected chi connectivity index (χ0v) is 16.8. The molecular weight excluding hydrogens is 380 g/mol. The third-order valence-electron chi connectivity index (χ3n) is 2.97. The molecule has 1 N–H and O–H groups in total. The van der Waals surface area contributed by atoms with Gasteiger partial charge in [-0.3, -0.25) is 14.4 Å². The maximum atomic E-state index is 12.3. The Balaban J connectivity index is 2.11. The van der Waals surface area contributed by atoms with Gasteiger partial charge in [-0.2, -0.15) is 0 Å². The number of amides is 1. The van der Waals surface area contributed by atoms with Crippen molar-refractivity contribution in [1.82, 2.24) is 10.2 Å². The molecular formula is C15H20N4O3S3. The Labute approximate surface area is 155 Å². The van der Waals surface area contributed by atoms with Crippen molar-refractivity contribution in [1.29, 1.82) is 0 Å². The first kappa shape index (κ1) is 19.7. The number of nitrogens with zero attached hydrogens (tertiary/aromatic N) is 3. The molecule has 0 saturated heterocycles. The summed E-state index contributed by atoms with van der Waals surface area (Å²) in [5.41, 5.74) is 1.36. The van der Waals surface area contributed by atoms with Crippen LogP contribution in [0.1, 0.15) is 19.4 Å². The van der Waals surface area contributed by atoms with Crippen molar-refractivity contribution >= 4 is 49.8 Å². The van der Waals surface area contributed by atoms with Gasteiger partial charge in [0, 0.05) is 5.25 Å². The smallest absolute Gasteiger partial charge is 0.246 e. The molecule has 0 aliphatic rings. The van der Waals surface area contributed by atoms with Crippen LogP contribution in [0.4, 0.5) is 10.8 Å². The molecule has 1 heterocycles. The zero-order chi connectivity index (χ0) is 18.6. The first-order valence-corrected chi connectivity index (χ1v) is 11.0. The summed E-state index contributed by atoms with van der Waals surface area (Å²) >= 11 is 2.81. The molecule has 25 heavy (non-hydrogen) atoms. The molecule has 0 spiro atoms. The molecule has 10 heteroatoms. The van der Waals surface area contributed by atoms with Crippen LogP contribution in [-0.2, 0) is 14.8 Å². The number of hydrogen-bond acceptors (Lipinski definition) is 7. The summed E-state index contributed by atoms with van der Waals surface area (Å²) in [5.74, 6) is -0.468. The summed E-state index contributed by atoms with van der Waals surface area (Å²) in [5, 5.41) is 11.2. The molecule has 2 aromatic rings. The van der Waals surface area contributed by atoms with Crippen LogP contribution in [0.2, 0.25) is 0 Å². The van der Waals surface area contributed by atoms with Gasteiger partial charge in [0.25, 0.3) is 0 Å². The number of nitrogens with one attached hydrogen (secondary N) is 1. The van der Waals surface area contributed by atoms with E-state index in [1.54, 1.807) is 30.0 Å². The van der Waals surface area contributed by atoms with Crippen LogP contribution in [-0.4, -0.2) is 42.6 Å². The molecule has 1 aromatic carbocycles. The lowest BCUT2D eigenvalue weighted by molar-refractivity contribution is -0.114. The van der Waals surface area contributed by atoms with Gasteiger partial charge in [-0.05, 0) is 24.6 Å². The van der Waals surface area contributed by atoms with Gasteiger partial charge in [0.05, 0.1) is 11.9 Å². The van der Waals surface area contributed by atoms with Gasteiger partial charge >= 0.3 is 0 Å². The number of benzene rings is 1. The summed E-state index contributed by atoms with van der Waals surface area (Å²) in [4.78, 5) is 12.3. The predicted octanol–water partition coefficient (Wildman–Crippen LogP) is 2.75. The average molecular weight is 401 g/mol. The van der Waals surface area contributed by atoms with Crippen molar-refractivity contribution in [2.45, 2.75) is 30.4 Å². The third-order valence-corrected chi connectivity index (χ3v) is 6.03. The molecule has 0 fully saturated rings. The number of rotatable bonds is 7. The van der Waals surface area contributed by atoms with E-state index in [4.69, 9.17) is 0 Å². The monoisotopic (exact) mass is 400 g/mol. The summed E-state index contributed by atoms with van der Waals surface area (Å²) in [6, 6.07) is 6.99. The van der Waals surface area contributed by atoms with Crippen molar-refractivity contribution < 1.29 is 13.2 Å². The Bertz CT molecular complexity index is 849. The van der Waals surface area contributed by atoms with Gasteiger partial charge in [-0.1, -0.05) is 49.1 Å². The summed E-state index contributed by atoms with van der Waals surface area (Å²) in [7, 11) is -3.60. The van der Waals surface area contributed by atoms with Crippen molar-refractivity contribution in [3.8, 4) is 0 Å². The summed E-state index contributed by atoms with van der Waals surface area (Å²) < 4.78 is 26.0. The van der Waals surface area contributed by atoms with E-state index >= 15 is 0 Å². The highest BCUT2D eigenvalue weighted by Gasteiger charge is 2.21. The molecule has 1 aromatic heterocycles. The van der Waals surface area contributed by atoms with E-state index < -0.39 is 15.9 Å². The molecule has 0 bridgehead atoms. The Morgan fingerprint density at radius 3 is 2.68 bits per heavy atom. The molecule has 0 aliphatic carbocycles. The minimum absolute atomic E-state index is 0.325. The van der Waals surface area contributed by atoms with Crippen molar-refractivity contribution in [2.24, 2.45) is 0 Å². The van der Waals surface area contributed by atoms with E-state index in [0.29, 0.717) is 16.1 Å². The fourth-order valence-corrected chi connectivity index (χ4v) is 4.82. The van der Waals surface area contributed by atoms with Gasteiger partial charge < -0.3 is 0 Å². The topological polar surface area (TPSA) is 92.3 Å². The Morgan fingerprint density at radius 2 is 2.08 bits per heavy atom. The Morgan fingerprint density at radius 1 is 1.36 bits per heavy atom. The fraction of sp³-hybridized carbons (Fsp3) is 0.400. The van der Waals surface area contributed by atoms with Crippen LogP contribution < -0.4 is 9.62 Å². The normalized spacial score (nSPS) is 11.6. The average Bonchev–Trinajstić information content (AvgIpc) is 2.89. The second-order valence-electron chi connectivity index (χ2n) is 5.70. The van der Waals surface area contributed by atoms with Gasteiger partial charge in [0.15, 0.2) is 4.34 Å². The molecule has 7 nitrogen and oxygen atoms in total. The van der Waals surface area contributed by atoms with Crippen LogP contribution >= 0.6 is 23.1 Å². The predicted molar refractivity (Wildman–Crippen MR) is 103 cm³/mol. The lowest BCUT2D eigenvalue weighted by atomic mass is 10.2. The van der Waals surface area contributed by atoms with Crippen molar-refractivity contribution in [2.75, 3.05) is 22.4 Å². The quantitative estimate of drug-likeness (QED) is 0.567. The fourth-order valence-electron chi connectivity index (χ4n) is 1.98. The van der Waals surface area contributed by atoms with E-state index in [2.05, 4.69) is 15.5 Å². The van der Waals surface area contributed by atoms with E-state index in [0.717, 1.165) is 20.5 Å². The minimum Gasteiger partial charge on any atom is -0.299 e. The van der Waals surface area contributed by atoms with Crippen LogP contribution in [0.3, 0.4) is 0 Å². The van der Waals surface area contributed by atoms with Crippen LogP contribution in [0.5, 0.6) is 0 Å². The van der Waals surface area contributed by atoms with E-state index in [-0.39, 0.29) is 6.54 Å². The number of sulfonamides is 1. The number of hydrogen-bond donors (Lipinski definition) is 1. The van der Waals surface area contributed by atoms with Crippen LogP contribution in [0, 0.1) is 6.92 Å². The second-order valence-corrected chi connectivity index (χ2v) is 10.4. The zero-order valence-electron chi connectivity index (χ0n) is 14.4. The summed E-state index contributed by atoms with van der Waals surface area (Å²) in [6.45, 7) is 5.61. The first-order chi connectivity index (χ1) is 11.6. The molecule has 136 valence electrons. The summed E-state index contributed by atoms with van der Waals surface area (Å²) in [6.07, 6.45) is 1.07. The number of aryl methyl sites for hydroxylation is 1. The lowest BCUT2D eigenvalue weighted by Crippen LogP contribution is -2.37.